The van der Waals surface area contributed by atoms with Crippen molar-refractivity contribution in [3.8, 4) is 0 Å². The van der Waals surface area contributed by atoms with Crippen molar-refractivity contribution in [2.24, 2.45) is 5.92 Å². The number of fused-ring (bicyclic) bond motifs is 1. The largest absolute Gasteiger partial charge is 0.467 e. The zero-order valence-electron chi connectivity index (χ0n) is 12.0. The first-order valence-electron chi connectivity index (χ1n) is 6.68. The second kappa shape index (κ2) is 5.47. The molecule has 19 heavy (non-hydrogen) atoms. The number of aromatic nitrogens is 1. The Labute approximate surface area is 114 Å². The molecule has 3 nitrogen and oxygen atoms in total. The Bertz CT molecular complexity index is 583. The minimum absolute atomic E-state index is 0.174. The van der Waals surface area contributed by atoms with Crippen molar-refractivity contribution < 1.29 is 9.53 Å². The molecule has 0 N–H and O–H groups in total. The fraction of sp³-hybridized carbons (Fsp3) is 0.438. The molecular weight excluding hydrogens is 238 g/mol. The number of esters is 1. The minimum Gasteiger partial charge on any atom is -0.467 e. The second-order valence-electron chi connectivity index (χ2n) is 5.45. The number of methoxy groups -OCH3 is 1. The van der Waals surface area contributed by atoms with Crippen molar-refractivity contribution >= 4 is 16.9 Å². The summed E-state index contributed by atoms with van der Waals surface area (Å²) in [5.74, 6) is 0.263. The molecule has 0 bridgehead atoms. The van der Waals surface area contributed by atoms with Gasteiger partial charge >= 0.3 is 5.97 Å². The van der Waals surface area contributed by atoms with Gasteiger partial charge in [0.1, 0.15) is 6.04 Å². The fourth-order valence-electron chi connectivity index (χ4n) is 2.46. The molecule has 1 aromatic carbocycles. The quantitative estimate of drug-likeness (QED) is 0.784. The van der Waals surface area contributed by atoms with Crippen LogP contribution in [0, 0.1) is 12.8 Å². The molecule has 3 heteroatoms. The van der Waals surface area contributed by atoms with Crippen LogP contribution >= 0.6 is 0 Å². The van der Waals surface area contributed by atoms with Crippen molar-refractivity contribution in [3.63, 3.8) is 0 Å². The Morgan fingerprint density at radius 3 is 2.68 bits per heavy atom. The van der Waals surface area contributed by atoms with Gasteiger partial charge in [0.25, 0.3) is 0 Å². The summed E-state index contributed by atoms with van der Waals surface area (Å²) in [5.41, 5.74) is 2.31. The van der Waals surface area contributed by atoms with E-state index in [0.717, 1.165) is 17.3 Å². The molecule has 0 saturated carbocycles. The standard InChI is InChI=1S/C16H21NO2/c1-11(2)9-15(16(18)19-4)17-8-7-13-10-12(3)5-6-14(13)17/h5-8,10-11,15H,9H2,1-4H3. The Kier molecular flexibility index (Phi) is 3.93. The van der Waals surface area contributed by atoms with Crippen LogP contribution in [0.25, 0.3) is 10.9 Å². The third-order valence-electron chi connectivity index (χ3n) is 3.38. The van der Waals surface area contributed by atoms with Gasteiger partial charge in [0, 0.05) is 11.7 Å². The molecule has 2 aromatic rings. The third kappa shape index (κ3) is 2.80. The first kappa shape index (κ1) is 13.7. The van der Waals surface area contributed by atoms with Crippen LogP contribution < -0.4 is 0 Å². The summed E-state index contributed by atoms with van der Waals surface area (Å²) in [6, 6.07) is 8.09. The van der Waals surface area contributed by atoms with Gasteiger partial charge in [-0.05, 0) is 42.8 Å². The van der Waals surface area contributed by atoms with Crippen molar-refractivity contribution in [1.29, 1.82) is 0 Å². The van der Waals surface area contributed by atoms with E-state index in [0.29, 0.717) is 5.92 Å². The Hall–Kier alpha value is -1.77. The first-order valence-corrected chi connectivity index (χ1v) is 6.68. The van der Waals surface area contributed by atoms with E-state index in [4.69, 9.17) is 4.74 Å². The lowest BCUT2D eigenvalue weighted by molar-refractivity contribution is -0.145. The van der Waals surface area contributed by atoms with Crippen molar-refractivity contribution in [3.05, 3.63) is 36.0 Å². The lowest BCUT2D eigenvalue weighted by Crippen LogP contribution is -2.22. The number of rotatable bonds is 4. The number of hydrogen-bond acceptors (Lipinski definition) is 2. The summed E-state index contributed by atoms with van der Waals surface area (Å²) < 4.78 is 6.98. The van der Waals surface area contributed by atoms with E-state index >= 15 is 0 Å². The smallest absolute Gasteiger partial charge is 0.328 e. The summed E-state index contributed by atoms with van der Waals surface area (Å²) in [5, 5.41) is 1.16. The number of aryl methyl sites for hydroxylation is 1. The number of hydrogen-bond donors (Lipinski definition) is 0. The van der Waals surface area contributed by atoms with Crippen LogP contribution in [-0.4, -0.2) is 17.6 Å². The summed E-state index contributed by atoms with van der Waals surface area (Å²) in [4.78, 5) is 12.0. The molecule has 0 saturated heterocycles. The molecule has 0 fully saturated rings. The normalized spacial score (nSPS) is 12.9. The van der Waals surface area contributed by atoms with Gasteiger partial charge in [0.05, 0.1) is 7.11 Å². The second-order valence-corrected chi connectivity index (χ2v) is 5.45. The highest BCUT2D eigenvalue weighted by atomic mass is 16.5. The first-order chi connectivity index (χ1) is 9.02. The molecule has 0 radical (unpaired) electrons. The monoisotopic (exact) mass is 259 g/mol. The Balaban J connectivity index is 2.46. The van der Waals surface area contributed by atoms with E-state index < -0.39 is 0 Å². The molecule has 1 unspecified atom stereocenters. The van der Waals surface area contributed by atoms with Crippen LogP contribution in [0.4, 0.5) is 0 Å². The molecule has 1 atom stereocenters. The maximum absolute atomic E-state index is 12.0. The summed E-state index contributed by atoms with van der Waals surface area (Å²) >= 11 is 0. The SMILES string of the molecule is COC(=O)C(CC(C)C)n1ccc2cc(C)ccc21. The van der Waals surface area contributed by atoms with Gasteiger partial charge in [-0.25, -0.2) is 4.79 Å². The number of carbonyl (C=O) groups excluding carboxylic acids is 1. The zero-order valence-corrected chi connectivity index (χ0v) is 12.0. The molecule has 1 aromatic heterocycles. The molecule has 0 aliphatic carbocycles. The maximum Gasteiger partial charge on any atom is 0.328 e. The number of carbonyl (C=O) groups is 1. The van der Waals surface area contributed by atoms with Crippen LogP contribution in [0.1, 0.15) is 31.9 Å². The van der Waals surface area contributed by atoms with Gasteiger partial charge < -0.3 is 9.30 Å². The molecule has 0 aliphatic heterocycles. The van der Waals surface area contributed by atoms with E-state index in [1.165, 1.54) is 12.7 Å². The van der Waals surface area contributed by atoms with Crippen LogP contribution in [0.5, 0.6) is 0 Å². The van der Waals surface area contributed by atoms with Crippen LogP contribution in [0.15, 0.2) is 30.5 Å². The topological polar surface area (TPSA) is 31.2 Å². The molecule has 102 valence electrons. The fourth-order valence-corrected chi connectivity index (χ4v) is 2.46. The number of ether oxygens (including phenoxy) is 1. The van der Waals surface area contributed by atoms with Crippen LogP contribution in [-0.2, 0) is 9.53 Å². The van der Waals surface area contributed by atoms with E-state index in [2.05, 4.69) is 45.0 Å². The molecule has 0 aliphatic rings. The highest BCUT2D eigenvalue weighted by Gasteiger charge is 2.23. The number of benzene rings is 1. The summed E-state index contributed by atoms with van der Waals surface area (Å²) in [7, 11) is 1.45. The average Bonchev–Trinajstić information content (AvgIpc) is 2.77. The predicted molar refractivity (Wildman–Crippen MR) is 77.2 cm³/mol. The van der Waals surface area contributed by atoms with Gasteiger partial charge in [-0.2, -0.15) is 0 Å². The third-order valence-corrected chi connectivity index (χ3v) is 3.38. The van der Waals surface area contributed by atoms with E-state index in [-0.39, 0.29) is 12.0 Å². The highest BCUT2D eigenvalue weighted by Crippen LogP contribution is 2.26. The Morgan fingerprint density at radius 2 is 2.05 bits per heavy atom. The molecule has 0 spiro atoms. The lowest BCUT2D eigenvalue weighted by Gasteiger charge is -2.19. The highest BCUT2D eigenvalue weighted by molar-refractivity contribution is 5.84. The van der Waals surface area contributed by atoms with E-state index in [9.17, 15) is 4.79 Å². The lowest BCUT2D eigenvalue weighted by atomic mass is 10.0. The van der Waals surface area contributed by atoms with Crippen molar-refractivity contribution in [2.75, 3.05) is 7.11 Å². The molecular formula is C16H21NO2. The van der Waals surface area contributed by atoms with Crippen molar-refractivity contribution in [2.45, 2.75) is 33.2 Å². The number of nitrogens with zero attached hydrogens (tertiary/aromatic N) is 1. The van der Waals surface area contributed by atoms with Gasteiger partial charge in [-0.1, -0.05) is 25.5 Å². The van der Waals surface area contributed by atoms with Crippen LogP contribution in [0.2, 0.25) is 0 Å². The van der Waals surface area contributed by atoms with Gasteiger partial charge in [-0.15, -0.1) is 0 Å². The van der Waals surface area contributed by atoms with Crippen LogP contribution in [0.3, 0.4) is 0 Å². The van der Waals surface area contributed by atoms with Crippen molar-refractivity contribution in [1.82, 2.24) is 4.57 Å². The zero-order chi connectivity index (χ0) is 14.0. The summed E-state index contributed by atoms with van der Waals surface area (Å²) in [6.07, 6.45) is 2.76. The minimum atomic E-state index is -0.245. The van der Waals surface area contributed by atoms with E-state index in [1.807, 2.05) is 10.8 Å². The molecule has 1 heterocycles. The van der Waals surface area contributed by atoms with E-state index in [1.54, 1.807) is 0 Å². The molecule has 2 rings (SSSR count). The predicted octanol–water partition coefficient (Wildman–Crippen LogP) is 3.71. The van der Waals surface area contributed by atoms with Gasteiger partial charge in [0.15, 0.2) is 0 Å². The average molecular weight is 259 g/mol. The van der Waals surface area contributed by atoms with Gasteiger partial charge in [-0.3, -0.25) is 0 Å². The Morgan fingerprint density at radius 1 is 1.32 bits per heavy atom. The molecule has 0 amide bonds. The summed E-state index contributed by atoms with van der Waals surface area (Å²) in [6.45, 7) is 6.31. The van der Waals surface area contributed by atoms with Gasteiger partial charge in [0.2, 0.25) is 0 Å². The maximum atomic E-state index is 12.0.